The van der Waals surface area contributed by atoms with Crippen molar-refractivity contribution in [2.45, 2.75) is 58.4 Å². The number of benzene rings is 1. The highest BCUT2D eigenvalue weighted by Crippen LogP contribution is 2.57. The highest BCUT2D eigenvalue weighted by Gasteiger charge is 2.53. The van der Waals surface area contributed by atoms with Gasteiger partial charge in [0.15, 0.2) is 0 Å². The number of fused-ring (bicyclic) bond motifs is 1. The number of rotatable bonds is 6. The molecule has 1 aromatic carbocycles. The maximum absolute atomic E-state index is 3.78. The van der Waals surface area contributed by atoms with Gasteiger partial charge in [-0.2, -0.15) is 0 Å². The molecule has 0 aromatic heterocycles. The average Bonchev–Trinajstić information content (AvgIpc) is 3.22. The molecule has 0 saturated heterocycles. The van der Waals surface area contributed by atoms with E-state index in [2.05, 4.69) is 43.4 Å². The van der Waals surface area contributed by atoms with Gasteiger partial charge in [-0.15, -0.1) is 0 Å². The fourth-order valence-corrected chi connectivity index (χ4v) is 4.42. The van der Waals surface area contributed by atoms with Crippen molar-refractivity contribution >= 4 is 0 Å². The molecule has 0 aliphatic heterocycles. The Morgan fingerprint density at radius 2 is 1.60 bits per heavy atom. The van der Waals surface area contributed by atoms with Crippen LogP contribution < -0.4 is 5.32 Å². The predicted octanol–water partition coefficient (Wildman–Crippen LogP) is 4.21. The summed E-state index contributed by atoms with van der Waals surface area (Å²) in [6, 6.07) is 10.0. The molecule has 1 nitrogen and oxygen atoms in total. The molecule has 0 amide bonds. The standard InChI is InChI=1S/C19H29N/c1-3-14-9-11-15(12-10-14)13-18(20-4-2)19-16-7-5-6-8-17(16)19/h9-12,16-20H,3-8,13H2,1-2H3. The normalized spacial score (nSPS) is 29.8. The largest absolute Gasteiger partial charge is 0.314 e. The Kier molecular flexibility index (Phi) is 4.45. The fourth-order valence-electron chi connectivity index (χ4n) is 4.42. The van der Waals surface area contributed by atoms with Gasteiger partial charge in [0.2, 0.25) is 0 Å². The molecule has 0 heterocycles. The molecule has 2 fully saturated rings. The lowest BCUT2D eigenvalue weighted by molar-refractivity contribution is 0.437. The van der Waals surface area contributed by atoms with E-state index in [0.29, 0.717) is 6.04 Å². The van der Waals surface area contributed by atoms with Crippen LogP contribution in [0.3, 0.4) is 0 Å². The van der Waals surface area contributed by atoms with Crippen LogP contribution in [0.25, 0.3) is 0 Å². The van der Waals surface area contributed by atoms with Crippen LogP contribution in [-0.4, -0.2) is 12.6 Å². The maximum atomic E-state index is 3.78. The van der Waals surface area contributed by atoms with E-state index >= 15 is 0 Å². The van der Waals surface area contributed by atoms with Crippen molar-refractivity contribution in [3.05, 3.63) is 35.4 Å². The average molecular weight is 271 g/mol. The molecular formula is C19H29N. The van der Waals surface area contributed by atoms with Crippen LogP contribution in [-0.2, 0) is 12.8 Å². The lowest BCUT2D eigenvalue weighted by Gasteiger charge is -2.19. The Bertz CT molecular complexity index is 410. The Hall–Kier alpha value is -0.820. The van der Waals surface area contributed by atoms with Crippen LogP contribution in [0, 0.1) is 17.8 Å². The van der Waals surface area contributed by atoms with Crippen LogP contribution >= 0.6 is 0 Å². The van der Waals surface area contributed by atoms with Gasteiger partial charge in [0.25, 0.3) is 0 Å². The highest BCUT2D eigenvalue weighted by atomic mass is 14.9. The molecule has 2 aliphatic rings. The van der Waals surface area contributed by atoms with E-state index in [-0.39, 0.29) is 0 Å². The predicted molar refractivity (Wildman–Crippen MR) is 85.9 cm³/mol. The zero-order valence-electron chi connectivity index (χ0n) is 13.1. The van der Waals surface area contributed by atoms with Gasteiger partial charge in [0.1, 0.15) is 0 Å². The topological polar surface area (TPSA) is 12.0 Å². The summed E-state index contributed by atoms with van der Waals surface area (Å²) in [5, 5.41) is 3.78. The molecule has 0 radical (unpaired) electrons. The van der Waals surface area contributed by atoms with Gasteiger partial charge in [0, 0.05) is 6.04 Å². The summed E-state index contributed by atoms with van der Waals surface area (Å²) in [4.78, 5) is 0. The van der Waals surface area contributed by atoms with E-state index in [1.54, 1.807) is 0 Å². The second-order valence-corrected chi connectivity index (χ2v) is 6.73. The van der Waals surface area contributed by atoms with Crippen LogP contribution in [0.2, 0.25) is 0 Å². The summed E-state index contributed by atoms with van der Waals surface area (Å²) >= 11 is 0. The summed E-state index contributed by atoms with van der Waals surface area (Å²) in [5.41, 5.74) is 2.96. The minimum atomic E-state index is 0.709. The molecule has 20 heavy (non-hydrogen) atoms. The smallest absolute Gasteiger partial charge is 0.0141 e. The molecule has 1 aromatic rings. The molecule has 3 rings (SSSR count). The summed E-state index contributed by atoms with van der Waals surface area (Å²) in [5.74, 6) is 3.05. The van der Waals surface area contributed by atoms with Gasteiger partial charge in [-0.05, 0) is 61.1 Å². The summed E-state index contributed by atoms with van der Waals surface area (Å²) < 4.78 is 0. The first-order valence-corrected chi connectivity index (χ1v) is 8.64. The van der Waals surface area contributed by atoms with Crippen molar-refractivity contribution in [3.63, 3.8) is 0 Å². The SMILES string of the molecule is CCNC(Cc1ccc(CC)cc1)C1C2CCCCC21. The minimum Gasteiger partial charge on any atom is -0.314 e. The number of aryl methyl sites for hydroxylation is 1. The lowest BCUT2D eigenvalue weighted by atomic mass is 9.98. The van der Waals surface area contributed by atoms with Crippen molar-refractivity contribution in [1.82, 2.24) is 5.32 Å². The zero-order valence-corrected chi connectivity index (χ0v) is 13.1. The molecule has 0 spiro atoms. The van der Waals surface area contributed by atoms with Crippen molar-refractivity contribution in [3.8, 4) is 0 Å². The molecule has 110 valence electrons. The maximum Gasteiger partial charge on any atom is 0.0141 e. The molecule has 3 unspecified atom stereocenters. The van der Waals surface area contributed by atoms with Gasteiger partial charge >= 0.3 is 0 Å². The Morgan fingerprint density at radius 1 is 1.00 bits per heavy atom. The fraction of sp³-hybridized carbons (Fsp3) is 0.684. The molecule has 1 heteroatoms. The van der Waals surface area contributed by atoms with Gasteiger partial charge in [-0.25, -0.2) is 0 Å². The van der Waals surface area contributed by atoms with Gasteiger partial charge in [-0.3, -0.25) is 0 Å². The Morgan fingerprint density at radius 3 is 2.15 bits per heavy atom. The Balaban J connectivity index is 1.64. The third-order valence-electron chi connectivity index (χ3n) is 5.54. The van der Waals surface area contributed by atoms with E-state index in [9.17, 15) is 0 Å². The second kappa shape index (κ2) is 6.30. The van der Waals surface area contributed by atoms with Crippen LogP contribution in [0.15, 0.2) is 24.3 Å². The monoisotopic (exact) mass is 271 g/mol. The first-order chi connectivity index (χ1) is 9.83. The first kappa shape index (κ1) is 14.1. The van der Waals surface area contributed by atoms with Crippen LogP contribution in [0.1, 0.15) is 50.7 Å². The van der Waals surface area contributed by atoms with E-state index in [0.717, 1.165) is 30.7 Å². The van der Waals surface area contributed by atoms with E-state index < -0.39 is 0 Å². The summed E-state index contributed by atoms with van der Waals surface area (Å²) in [7, 11) is 0. The van der Waals surface area contributed by atoms with Crippen LogP contribution in [0.5, 0.6) is 0 Å². The van der Waals surface area contributed by atoms with Crippen LogP contribution in [0.4, 0.5) is 0 Å². The van der Waals surface area contributed by atoms with E-state index in [1.807, 2.05) is 0 Å². The van der Waals surface area contributed by atoms with Crippen molar-refractivity contribution in [1.29, 1.82) is 0 Å². The molecule has 0 bridgehead atoms. The first-order valence-electron chi connectivity index (χ1n) is 8.64. The number of nitrogens with one attached hydrogen (secondary N) is 1. The highest BCUT2D eigenvalue weighted by molar-refractivity contribution is 5.24. The molecule has 2 saturated carbocycles. The number of hydrogen-bond acceptors (Lipinski definition) is 1. The number of likely N-dealkylation sites (N-methyl/N-ethyl adjacent to an activating group) is 1. The second-order valence-electron chi connectivity index (χ2n) is 6.73. The quantitative estimate of drug-likeness (QED) is 0.817. The van der Waals surface area contributed by atoms with Gasteiger partial charge < -0.3 is 5.32 Å². The molecule has 2 aliphatic carbocycles. The molecular weight excluding hydrogens is 242 g/mol. The third-order valence-corrected chi connectivity index (χ3v) is 5.54. The third kappa shape index (κ3) is 2.93. The Labute approximate surface area is 124 Å². The van der Waals surface area contributed by atoms with Crippen molar-refractivity contribution in [2.24, 2.45) is 17.8 Å². The zero-order chi connectivity index (χ0) is 13.9. The molecule has 1 N–H and O–H groups in total. The van der Waals surface area contributed by atoms with Gasteiger partial charge in [0.05, 0.1) is 0 Å². The van der Waals surface area contributed by atoms with Crippen molar-refractivity contribution in [2.75, 3.05) is 6.54 Å². The van der Waals surface area contributed by atoms with Crippen molar-refractivity contribution < 1.29 is 0 Å². The lowest BCUT2D eigenvalue weighted by Crippen LogP contribution is -2.34. The summed E-state index contributed by atoms with van der Waals surface area (Å²) in [6.07, 6.45) is 8.29. The van der Waals surface area contributed by atoms with Gasteiger partial charge in [-0.1, -0.05) is 51.0 Å². The minimum absolute atomic E-state index is 0.709. The number of hydrogen-bond donors (Lipinski definition) is 1. The molecule has 3 atom stereocenters. The summed E-state index contributed by atoms with van der Waals surface area (Å²) in [6.45, 7) is 5.58. The van der Waals surface area contributed by atoms with E-state index in [1.165, 1.54) is 43.2 Å². The van der Waals surface area contributed by atoms with E-state index in [4.69, 9.17) is 0 Å².